The van der Waals surface area contributed by atoms with Gasteiger partial charge in [-0.05, 0) is 43.7 Å². The van der Waals surface area contributed by atoms with Crippen molar-refractivity contribution in [2.24, 2.45) is 5.73 Å². The quantitative estimate of drug-likeness (QED) is 0.589. The van der Waals surface area contributed by atoms with Gasteiger partial charge in [-0.3, -0.25) is 9.59 Å². The van der Waals surface area contributed by atoms with E-state index < -0.39 is 0 Å². The molecule has 7 nitrogen and oxygen atoms in total. The normalized spacial score (nSPS) is 9.80. The molecule has 0 aliphatic rings. The Balaban J connectivity index is 0.00000312. The summed E-state index contributed by atoms with van der Waals surface area (Å²) >= 11 is 0. The maximum Gasteiger partial charge on any atom is 0.291 e. The molecule has 1 aromatic heterocycles. The van der Waals surface area contributed by atoms with E-state index in [-0.39, 0.29) is 36.6 Å². The third kappa shape index (κ3) is 7.28. The average Bonchev–Trinajstić information content (AvgIpc) is 3.12. The van der Waals surface area contributed by atoms with Crippen LogP contribution in [0.5, 0.6) is 5.75 Å². The molecule has 2 amide bonds. The van der Waals surface area contributed by atoms with Gasteiger partial charge in [-0.15, -0.1) is 12.4 Å². The van der Waals surface area contributed by atoms with Gasteiger partial charge < -0.3 is 25.5 Å². The third-order valence-corrected chi connectivity index (χ3v) is 3.16. The predicted octanol–water partition coefficient (Wildman–Crippen LogP) is 2.19. The highest BCUT2D eigenvalue weighted by Gasteiger charge is 2.09. The van der Waals surface area contributed by atoms with Crippen molar-refractivity contribution in [2.45, 2.75) is 12.8 Å². The number of benzene rings is 1. The van der Waals surface area contributed by atoms with E-state index in [4.69, 9.17) is 14.9 Å². The first-order valence-corrected chi connectivity index (χ1v) is 7.73. The molecular weight excluding hydrogens is 346 g/mol. The number of amides is 2. The van der Waals surface area contributed by atoms with Gasteiger partial charge in [-0.1, -0.05) is 6.07 Å². The van der Waals surface area contributed by atoms with Crippen molar-refractivity contribution in [2.75, 3.05) is 25.0 Å². The van der Waals surface area contributed by atoms with Crippen molar-refractivity contribution in [1.29, 1.82) is 0 Å². The molecule has 0 fully saturated rings. The second-order valence-electron chi connectivity index (χ2n) is 5.09. The summed E-state index contributed by atoms with van der Waals surface area (Å²) in [6.07, 6.45) is 3.15. The second kappa shape index (κ2) is 11.1. The Morgan fingerprint density at radius 2 is 2.00 bits per heavy atom. The van der Waals surface area contributed by atoms with Crippen molar-refractivity contribution in [3.63, 3.8) is 0 Å². The van der Waals surface area contributed by atoms with E-state index in [1.54, 1.807) is 36.4 Å². The summed E-state index contributed by atoms with van der Waals surface area (Å²) in [5.41, 5.74) is 5.94. The smallest absolute Gasteiger partial charge is 0.291 e. The number of hydrogen-bond acceptors (Lipinski definition) is 5. The van der Waals surface area contributed by atoms with Crippen LogP contribution in [0.4, 0.5) is 5.69 Å². The molecule has 4 N–H and O–H groups in total. The molecule has 0 radical (unpaired) electrons. The lowest BCUT2D eigenvalue weighted by molar-refractivity contribution is -0.123. The van der Waals surface area contributed by atoms with Crippen molar-refractivity contribution >= 4 is 29.9 Å². The van der Waals surface area contributed by atoms with E-state index in [0.717, 1.165) is 12.8 Å². The summed E-state index contributed by atoms with van der Waals surface area (Å²) in [5, 5.41) is 5.45. The number of anilines is 1. The SMILES string of the molecule is Cl.NCCCCNC(=O)COc1cccc(NC(=O)c2ccco2)c1. The van der Waals surface area contributed by atoms with Gasteiger partial charge in [0.25, 0.3) is 11.8 Å². The fraction of sp³-hybridized carbons (Fsp3) is 0.294. The first-order valence-electron chi connectivity index (χ1n) is 7.73. The van der Waals surface area contributed by atoms with Crippen LogP contribution in [-0.2, 0) is 4.79 Å². The van der Waals surface area contributed by atoms with Crippen LogP contribution in [0.25, 0.3) is 0 Å². The Labute approximate surface area is 152 Å². The molecule has 25 heavy (non-hydrogen) atoms. The van der Waals surface area contributed by atoms with Gasteiger partial charge in [-0.25, -0.2) is 0 Å². The largest absolute Gasteiger partial charge is 0.484 e. The molecule has 0 unspecified atom stereocenters. The van der Waals surface area contributed by atoms with Crippen LogP contribution < -0.4 is 21.1 Å². The van der Waals surface area contributed by atoms with Crippen LogP contribution in [-0.4, -0.2) is 31.5 Å². The fourth-order valence-electron chi connectivity index (χ4n) is 1.96. The molecule has 0 atom stereocenters. The number of halogens is 1. The lowest BCUT2D eigenvalue weighted by atomic mass is 10.3. The van der Waals surface area contributed by atoms with E-state index in [9.17, 15) is 9.59 Å². The summed E-state index contributed by atoms with van der Waals surface area (Å²) in [6.45, 7) is 1.11. The average molecular weight is 368 g/mol. The standard InChI is InChI=1S/C17H21N3O4.ClH/c18-8-1-2-9-19-16(21)12-24-14-6-3-5-13(11-14)20-17(22)15-7-4-10-23-15;/h3-7,10-11H,1-2,8-9,12,18H2,(H,19,21)(H,20,22);1H. The van der Waals surface area contributed by atoms with Gasteiger partial charge >= 0.3 is 0 Å². The highest BCUT2D eigenvalue weighted by Crippen LogP contribution is 2.18. The predicted molar refractivity (Wildman–Crippen MR) is 97.1 cm³/mol. The number of furan rings is 1. The van der Waals surface area contributed by atoms with E-state index in [0.29, 0.717) is 24.5 Å². The first kappa shape index (κ1) is 20.5. The topological polar surface area (TPSA) is 107 Å². The van der Waals surface area contributed by atoms with Crippen molar-refractivity contribution in [3.05, 3.63) is 48.4 Å². The number of nitrogens with two attached hydrogens (primary N) is 1. The Morgan fingerprint density at radius 3 is 2.72 bits per heavy atom. The molecule has 0 saturated carbocycles. The van der Waals surface area contributed by atoms with Crippen molar-refractivity contribution < 1.29 is 18.7 Å². The molecule has 136 valence electrons. The van der Waals surface area contributed by atoms with Crippen LogP contribution >= 0.6 is 12.4 Å². The number of nitrogens with one attached hydrogen (secondary N) is 2. The monoisotopic (exact) mass is 367 g/mol. The Hall–Kier alpha value is -2.51. The highest BCUT2D eigenvalue weighted by atomic mass is 35.5. The molecular formula is C17H22ClN3O4. The highest BCUT2D eigenvalue weighted by molar-refractivity contribution is 6.02. The number of carbonyl (C=O) groups excluding carboxylic acids is 2. The number of rotatable bonds is 9. The number of carbonyl (C=O) groups is 2. The third-order valence-electron chi connectivity index (χ3n) is 3.16. The van der Waals surface area contributed by atoms with Gasteiger partial charge in [0, 0.05) is 18.3 Å². The number of hydrogen-bond donors (Lipinski definition) is 3. The molecule has 1 heterocycles. The Bertz CT molecular complexity index is 662. The molecule has 8 heteroatoms. The van der Waals surface area contributed by atoms with Crippen LogP contribution in [0.3, 0.4) is 0 Å². The van der Waals surface area contributed by atoms with Gasteiger partial charge in [0.15, 0.2) is 12.4 Å². The van der Waals surface area contributed by atoms with E-state index in [1.165, 1.54) is 6.26 Å². The zero-order valence-corrected chi connectivity index (χ0v) is 14.5. The van der Waals surface area contributed by atoms with Crippen LogP contribution in [0.15, 0.2) is 47.1 Å². The molecule has 0 aliphatic carbocycles. The summed E-state index contributed by atoms with van der Waals surface area (Å²) < 4.78 is 10.5. The number of ether oxygens (including phenoxy) is 1. The minimum absolute atomic E-state index is 0. The maximum atomic E-state index is 11.9. The molecule has 2 aromatic rings. The number of unbranched alkanes of at least 4 members (excludes halogenated alkanes) is 1. The zero-order chi connectivity index (χ0) is 17.2. The zero-order valence-electron chi connectivity index (χ0n) is 13.7. The minimum atomic E-state index is -0.352. The van der Waals surface area contributed by atoms with Gasteiger partial charge in [0.1, 0.15) is 5.75 Å². The van der Waals surface area contributed by atoms with Gasteiger partial charge in [0.2, 0.25) is 0 Å². The first-order chi connectivity index (χ1) is 11.7. The van der Waals surface area contributed by atoms with Gasteiger partial charge in [-0.2, -0.15) is 0 Å². The molecule has 1 aromatic carbocycles. The van der Waals surface area contributed by atoms with E-state index in [1.807, 2.05) is 0 Å². The van der Waals surface area contributed by atoms with Crippen LogP contribution in [0, 0.1) is 0 Å². The van der Waals surface area contributed by atoms with Gasteiger partial charge in [0.05, 0.1) is 6.26 Å². The summed E-state index contributed by atoms with van der Waals surface area (Å²) in [7, 11) is 0. The molecule has 2 rings (SSSR count). The molecule has 0 aliphatic heterocycles. The Morgan fingerprint density at radius 1 is 1.16 bits per heavy atom. The van der Waals surface area contributed by atoms with E-state index >= 15 is 0 Å². The summed E-state index contributed by atoms with van der Waals surface area (Å²) in [6, 6.07) is 10.0. The summed E-state index contributed by atoms with van der Waals surface area (Å²) in [4.78, 5) is 23.6. The van der Waals surface area contributed by atoms with Crippen molar-refractivity contribution in [3.8, 4) is 5.75 Å². The lowest BCUT2D eigenvalue weighted by Gasteiger charge is -2.09. The molecule has 0 saturated heterocycles. The van der Waals surface area contributed by atoms with E-state index in [2.05, 4.69) is 10.6 Å². The fourth-order valence-corrected chi connectivity index (χ4v) is 1.96. The molecule has 0 bridgehead atoms. The Kier molecular flexibility index (Phi) is 9.13. The van der Waals surface area contributed by atoms with Crippen LogP contribution in [0.2, 0.25) is 0 Å². The summed E-state index contributed by atoms with van der Waals surface area (Å²) in [5.74, 6) is 0.161. The molecule has 0 spiro atoms. The van der Waals surface area contributed by atoms with Crippen molar-refractivity contribution in [1.82, 2.24) is 5.32 Å². The maximum absolute atomic E-state index is 11.9. The lowest BCUT2D eigenvalue weighted by Crippen LogP contribution is -2.29. The van der Waals surface area contributed by atoms with Crippen LogP contribution in [0.1, 0.15) is 23.4 Å². The minimum Gasteiger partial charge on any atom is -0.484 e. The second-order valence-corrected chi connectivity index (χ2v) is 5.09.